The van der Waals surface area contributed by atoms with Crippen LogP contribution in [0.3, 0.4) is 0 Å². The summed E-state index contributed by atoms with van der Waals surface area (Å²) in [6, 6.07) is 6.46. The van der Waals surface area contributed by atoms with Crippen molar-refractivity contribution in [2.45, 2.75) is 55.9 Å². The monoisotopic (exact) mass is 508 g/mol. The molecule has 2 amide bonds. The molecule has 4 aliphatic carbocycles. The van der Waals surface area contributed by atoms with Crippen LogP contribution in [0.2, 0.25) is 5.02 Å². The zero-order chi connectivity index (χ0) is 25.2. The van der Waals surface area contributed by atoms with Crippen LogP contribution in [0, 0.1) is 5.41 Å². The fourth-order valence-corrected chi connectivity index (χ4v) is 6.22. The molecule has 0 aliphatic heterocycles. The lowest BCUT2D eigenvalue weighted by Gasteiger charge is -2.69. The summed E-state index contributed by atoms with van der Waals surface area (Å²) in [7, 11) is 1.13. The van der Waals surface area contributed by atoms with Crippen LogP contribution in [0.5, 0.6) is 0 Å². The molecule has 35 heavy (non-hydrogen) atoms. The largest absolute Gasteiger partial charge is 0.465 e. The molecular weight excluding hydrogens is 485 g/mol. The van der Waals surface area contributed by atoms with Gasteiger partial charge in [0.25, 0.3) is 0 Å². The van der Waals surface area contributed by atoms with Crippen molar-refractivity contribution < 1.29 is 27.9 Å². The Morgan fingerprint density at radius 2 is 1.86 bits per heavy atom. The number of anilines is 1. The van der Waals surface area contributed by atoms with Crippen LogP contribution in [-0.2, 0) is 17.6 Å². The van der Waals surface area contributed by atoms with Gasteiger partial charge in [0.2, 0.25) is 5.91 Å². The highest BCUT2D eigenvalue weighted by Crippen LogP contribution is 2.68. The number of nitrogens with zero attached hydrogens (tertiary/aromatic N) is 2. The quantitative estimate of drug-likeness (QED) is 0.531. The van der Waals surface area contributed by atoms with Gasteiger partial charge in [-0.15, -0.1) is 0 Å². The lowest BCUT2D eigenvalue weighted by Crippen LogP contribution is -2.78. The van der Waals surface area contributed by atoms with Crippen LogP contribution in [0.4, 0.5) is 23.7 Å². The summed E-state index contributed by atoms with van der Waals surface area (Å²) in [4.78, 5) is 28.7. The topological polar surface area (TPSA) is 94.6 Å². The van der Waals surface area contributed by atoms with Crippen LogP contribution in [0.15, 0.2) is 36.5 Å². The first kappa shape index (κ1) is 23.7. The van der Waals surface area contributed by atoms with Crippen molar-refractivity contribution >= 4 is 29.3 Å². The van der Waals surface area contributed by atoms with Crippen LogP contribution in [-0.4, -0.2) is 51.8 Å². The van der Waals surface area contributed by atoms with Crippen LogP contribution in [0.25, 0.3) is 0 Å². The number of amides is 2. The number of hydrogen-bond acceptors (Lipinski definition) is 4. The van der Waals surface area contributed by atoms with E-state index in [2.05, 4.69) is 15.6 Å². The number of benzene rings is 1. The minimum Gasteiger partial charge on any atom is -0.465 e. The number of alkyl halides is 3. The molecule has 186 valence electrons. The van der Waals surface area contributed by atoms with Crippen molar-refractivity contribution in [3.05, 3.63) is 58.4 Å². The Kier molecular flexibility index (Phi) is 5.43. The first-order valence-electron chi connectivity index (χ1n) is 11.2. The van der Waals surface area contributed by atoms with E-state index in [1.807, 2.05) is 18.2 Å². The lowest BCUT2D eigenvalue weighted by atomic mass is 9.39. The van der Waals surface area contributed by atoms with Crippen molar-refractivity contribution in [1.29, 1.82) is 0 Å². The molecule has 7 nitrogen and oxygen atoms in total. The predicted octanol–water partition coefficient (Wildman–Crippen LogP) is 4.57. The van der Waals surface area contributed by atoms with E-state index in [0.29, 0.717) is 15.6 Å². The summed E-state index contributed by atoms with van der Waals surface area (Å²) in [5.74, 6) is -0.639. The molecule has 3 saturated carbocycles. The van der Waals surface area contributed by atoms with Gasteiger partial charge in [-0.1, -0.05) is 17.7 Å². The maximum atomic E-state index is 14.0. The Hall–Kier alpha value is -3.01. The molecule has 2 bridgehead atoms. The van der Waals surface area contributed by atoms with E-state index in [9.17, 15) is 22.8 Å². The maximum Gasteiger partial charge on any atom is 0.414 e. The van der Waals surface area contributed by atoms with E-state index in [1.54, 1.807) is 6.07 Å². The first-order valence-corrected chi connectivity index (χ1v) is 11.6. The highest BCUT2D eigenvalue weighted by Gasteiger charge is 2.73. The highest BCUT2D eigenvalue weighted by atomic mass is 35.5. The zero-order valence-electron chi connectivity index (χ0n) is 18.8. The van der Waals surface area contributed by atoms with E-state index in [1.165, 1.54) is 17.8 Å². The smallest absolute Gasteiger partial charge is 0.414 e. The van der Waals surface area contributed by atoms with Gasteiger partial charge in [0.15, 0.2) is 6.04 Å². The molecule has 1 aromatic carbocycles. The third-order valence-electron chi connectivity index (χ3n) is 7.41. The molecule has 1 heterocycles. The molecule has 6 rings (SSSR count). The highest BCUT2D eigenvalue weighted by molar-refractivity contribution is 6.30. The van der Waals surface area contributed by atoms with Gasteiger partial charge >= 0.3 is 12.3 Å². The molecule has 0 radical (unpaired) electrons. The average molecular weight is 509 g/mol. The number of rotatable bonds is 6. The summed E-state index contributed by atoms with van der Waals surface area (Å²) in [5.41, 5.74) is 1.02. The van der Waals surface area contributed by atoms with Gasteiger partial charge in [-0.3, -0.25) is 9.78 Å². The molecule has 1 aromatic heterocycles. The number of halogens is 4. The number of carbonyl (C=O) groups excluding carboxylic acids is 1. The zero-order valence-corrected chi connectivity index (χ0v) is 19.6. The second kappa shape index (κ2) is 8.01. The van der Waals surface area contributed by atoms with Gasteiger partial charge < -0.3 is 20.6 Å². The number of pyridine rings is 1. The van der Waals surface area contributed by atoms with Crippen LogP contribution < -0.4 is 10.6 Å². The van der Waals surface area contributed by atoms with E-state index < -0.39 is 35.2 Å². The van der Waals surface area contributed by atoms with Gasteiger partial charge in [-0.2, -0.15) is 13.2 Å². The van der Waals surface area contributed by atoms with Crippen molar-refractivity contribution in [1.82, 2.24) is 15.2 Å². The Morgan fingerprint density at radius 1 is 1.17 bits per heavy atom. The van der Waals surface area contributed by atoms with E-state index >= 15 is 0 Å². The molecule has 2 aromatic rings. The molecule has 3 fully saturated rings. The molecular formula is C24H24ClF3N4O3. The fourth-order valence-electron chi connectivity index (χ4n) is 6.03. The van der Waals surface area contributed by atoms with E-state index in [4.69, 9.17) is 16.7 Å². The van der Waals surface area contributed by atoms with Gasteiger partial charge in [-0.05, 0) is 67.5 Å². The number of fused-ring (bicyclic) bond motifs is 1. The molecule has 0 saturated heterocycles. The minimum absolute atomic E-state index is 0.0785. The number of carbonyl (C=O) groups is 2. The Labute approximate surface area is 204 Å². The second-order valence-corrected chi connectivity index (χ2v) is 10.5. The third-order valence-corrected chi connectivity index (χ3v) is 7.65. The Morgan fingerprint density at radius 3 is 2.46 bits per heavy atom. The van der Waals surface area contributed by atoms with E-state index in [-0.39, 0.29) is 31.0 Å². The molecule has 3 N–H and O–H groups in total. The molecule has 2 atom stereocenters. The SMILES string of the molecule is CN(C(=O)C12CC(NC(=O)O)(C1)C2)[C@@H](c1ccc(NC2Cc3ccc(Cl)cc3C2)cn1)C(F)(F)F. The summed E-state index contributed by atoms with van der Waals surface area (Å²) in [5, 5.41) is 15.3. The summed E-state index contributed by atoms with van der Waals surface area (Å²) < 4.78 is 42.1. The van der Waals surface area contributed by atoms with Gasteiger partial charge in [0, 0.05) is 23.7 Å². The summed E-state index contributed by atoms with van der Waals surface area (Å²) in [6.07, 6.45) is -2.40. The van der Waals surface area contributed by atoms with Gasteiger partial charge in [-0.25, -0.2) is 4.79 Å². The fraction of sp³-hybridized carbons (Fsp3) is 0.458. The molecule has 1 unspecified atom stereocenters. The van der Waals surface area contributed by atoms with Crippen molar-refractivity contribution in [2.24, 2.45) is 5.41 Å². The maximum absolute atomic E-state index is 14.0. The number of aromatic nitrogens is 1. The summed E-state index contributed by atoms with van der Waals surface area (Å²) >= 11 is 6.06. The van der Waals surface area contributed by atoms with Gasteiger partial charge in [0.05, 0.1) is 23.0 Å². The van der Waals surface area contributed by atoms with Crippen LogP contribution in [0.1, 0.15) is 42.1 Å². The molecule has 11 heteroatoms. The minimum atomic E-state index is -4.72. The van der Waals surface area contributed by atoms with Gasteiger partial charge in [0.1, 0.15) is 0 Å². The normalized spacial score (nSPS) is 27.2. The lowest BCUT2D eigenvalue weighted by molar-refractivity contribution is -0.214. The molecule has 4 aliphatic rings. The predicted molar refractivity (Wildman–Crippen MR) is 122 cm³/mol. The van der Waals surface area contributed by atoms with Crippen LogP contribution >= 0.6 is 11.6 Å². The van der Waals surface area contributed by atoms with Crippen molar-refractivity contribution in [2.75, 3.05) is 12.4 Å². The summed E-state index contributed by atoms with van der Waals surface area (Å²) in [6.45, 7) is 0. The Balaban J connectivity index is 1.26. The second-order valence-electron chi connectivity index (χ2n) is 10.0. The number of carboxylic acid groups (broad SMARTS) is 1. The third kappa shape index (κ3) is 4.17. The number of nitrogens with one attached hydrogen (secondary N) is 2. The average Bonchev–Trinajstić information content (AvgIpc) is 3.10. The standard InChI is InChI=1S/C24H24ClF3N4O3/c1-32(20(33)22-10-23(11-22,12-22)31-21(34)35)19(24(26,27)28)18-5-4-16(9-29-18)30-17-7-13-2-3-15(25)6-14(13)8-17/h2-6,9,17,19,30-31H,7-8,10-12H2,1H3,(H,34,35)/t17?,19-,22?,23?/m0/s1. The molecule has 0 spiro atoms. The Bertz CT molecular complexity index is 1170. The van der Waals surface area contributed by atoms with Crippen molar-refractivity contribution in [3.63, 3.8) is 0 Å². The number of hydrogen-bond donors (Lipinski definition) is 3. The first-order chi connectivity index (χ1) is 16.4. The van der Waals surface area contributed by atoms with Crippen molar-refractivity contribution in [3.8, 4) is 0 Å². The van der Waals surface area contributed by atoms with E-state index in [0.717, 1.165) is 25.5 Å².